The van der Waals surface area contributed by atoms with E-state index in [2.05, 4.69) is 6.92 Å². The average molecular weight is 263 g/mol. The van der Waals surface area contributed by atoms with Crippen LogP contribution in [0.3, 0.4) is 0 Å². The molecule has 3 rings (SSSR count). The first-order chi connectivity index (χ1) is 8.99. The molecule has 0 bridgehead atoms. The highest BCUT2D eigenvalue weighted by Crippen LogP contribution is 2.45. The Kier molecular flexibility index (Phi) is 2.77. The minimum atomic E-state index is -0.485. The fraction of sp³-hybridized carbons (Fsp3) is 0.533. The van der Waals surface area contributed by atoms with Crippen LogP contribution in [0.2, 0.25) is 0 Å². The standard InChI is InChI=1S/C15H18FNO2/c1-9-2-4-15(5-3-9)8-13(18)11-6-10(16)7-12(17)14(11)19-15/h6-7,9H,2-5,8,17H2,1H3. The number of carbonyl (C=O) groups excluding carboxylic acids is 1. The normalized spacial score (nSPS) is 30.0. The number of nitrogens with two attached hydrogens (primary N) is 1. The second kappa shape index (κ2) is 4.22. The number of ketones is 1. The van der Waals surface area contributed by atoms with Crippen LogP contribution in [0.25, 0.3) is 0 Å². The fourth-order valence-corrected chi connectivity index (χ4v) is 3.14. The lowest BCUT2D eigenvalue weighted by molar-refractivity contribution is 0.00452. The predicted molar refractivity (Wildman–Crippen MR) is 70.8 cm³/mol. The Balaban J connectivity index is 1.98. The summed E-state index contributed by atoms with van der Waals surface area (Å²) in [4.78, 5) is 12.2. The highest BCUT2D eigenvalue weighted by Gasteiger charge is 2.43. The lowest BCUT2D eigenvalue weighted by Gasteiger charge is -2.42. The van der Waals surface area contributed by atoms with E-state index < -0.39 is 11.4 Å². The van der Waals surface area contributed by atoms with Crippen molar-refractivity contribution in [1.82, 2.24) is 0 Å². The summed E-state index contributed by atoms with van der Waals surface area (Å²) in [5, 5.41) is 0. The summed E-state index contributed by atoms with van der Waals surface area (Å²) in [5.74, 6) is 0.520. The lowest BCUT2D eigenvalue weighted by atomic mass is 9.75. The van der Waals surface area contributed by atoms with Crippen LogP contribution in [-0.2, 0) is 0 Å². The van der Waals surface area contributed by atoms with E-state index in [9.17, 15) is 9.18 Å². The van der Waals surface area contributed by atoms with Gasteiger partial charge in [0.15, 0.2) is 11.5 Å². The zero-order chi connectivity index (χ0) is 13.6. The van der Waals surface area contributed by atoms with Gasteiger partial charge in [0.1, 0.15) is 11.4 Å². The number of hydrogen-bond acceptors (Lipinski definition) is 3. The molecule has 4 heteroatoms. The van der Waals surface area contributed by atoms with Gasteiger partial charge < -0.3 is 10.5 Å². The van der Waals surface area contributed by atoms with Crippen LogP contribution < -0.4 is 10.5 Å². The van der Waals surface area contributed by atoms with Crippen LogP contribution >= 0.6 is 0 Å². The molecule has 19 heavy (non-hydrogen) atoms. The largest absolute Gasteiger partial charge is 0.484 e. The van der Waals surface area contributed by atoms with E-state index in [1.807, 2.05) is 0 Å². The van der Waals surface area contributed by atoms with Crippen molar-refractivity contribution in [2.45, 2.75) is 44.6 Å². The molecule has 0 aromatic heterocycles. The van der Waals surface area contributed by atoms with Crippen molar-refractivity contribution in [3.8, 4) is 5.75 Å². The molecule has 0 saturated heterocycles. The number of nitrogen functional groups attached to an aromatic ring is 1. The maximum atomic E-state index is 13.3. The molecule has 0 radical (unpaired) electrons. The van der Waals surface area contributed by atoms with Gasteiger partial charge in [0.2, 0.25) is 0 Å². The minimum absolute atomic E-state index is 0.0537. The number of carbonyl (C=O) groups is 1. The van der Waals surface area contributed by atoms with Crippen LogP contribution in [0.5, 0.6) is 5.75 Å². The van der Waals surface area contributed by atoms with Gasteiger partial charge in [-0.05, 0) is 37.7 Å². The van der Waals surface area contributed by atoms with Crippen molar-refractivity contribution in [3.05, 3.63) is 23.5 Å². The van der Waals surface area contributed by atoms with Gasteiger partial charge in [0.25, 0.3) is 0 Å². The number of halogens is 1. The highest BCUT2D eigenvalue weighted by molar-refractivity contribution is 6.02. The Morgan fingerprint density at radius 3 is 2.74 bits per heavy atom. The van der Waals surface area contributed by atoms with Crippen molar-refractivity contribution in [2.75, 3.05) is 5.73 Å². The first kappa shape index (κ1) is 12.5. The van der Waals surface area contributed by atoms with Gasteiger partial charge in [-0.1, -0.05) is 6.92 Å². The maximum Gasteiger partial charge on any atom is 0.170 e. The third kappa shape index (κ3) is 2.09. The molecule has 3 nitrogen and oxygen atoms in total. The van der Waals surface area contributed by atoms with E-state index in [1.54, 1.807) is 0 Å². The van der Waals surface area contributed by atoms with Crippen LogP contribution in [0, 0.1) is 11.7 Å². The van der Waals surface area contributed by atoms with Crippen molar-refractivity contribution in [3.63, 3.8) is 0 Å². The van der Waals surface area contributed by atoms with Crippen molar-refractivity contribution in [2.24, 2.45) is 5.92 Å². The smallest absolute Gasteiger partial charge is 0.170 e. The van der Waals surface area contributed by atoms with Gasteiger partial charge in [0, 0.05) is 6.07 Å². The second-order valence-electron chi connectivity index (χ2n) is 5.94. The van der Waals surface area contributed by atoms with E-state index in [0.717, 1.165) is 25.7 Å². The summed E-state index contributed by atoms with van der Waals surface area (Å²) in [6, 6.07) is 2.45. The van der Waals surface area contributed by atoms with E-state index in [4.69, 9.17) is 10.5 Å². The van der Waals surface area contributed by atoms with Crippen LogP contribution in [-0.4, -0.2) is 11.4 Å². The molecule has 1 fully saturated rings. The van der Waals surface area contributed by atoms with E-state index in [-0.39, 0.29) is 11.5 Å². The molecule has 1 spiro atoms. The summed E-state index contributed by atoms with van der Waals surface area (Å²) in [6.45, 7) is 2.22. The summed E-state index contributed by atoms with van der Waals surface area (Å²) in [7, 11) is 0. The fourth-order valence-electron chi connectivity index (χ4n) is 3.14. The molecule has 0 unspecified atom stereocenters. The van der Waals surface area contributed by atoms with Gasteiger partial charge in [-0.25, -0.2) is 4.39 Å². The van der Waals surface area contributed by atoms with Crippen molar-refractivity contribution >= 4 is 11.5 Å². The Bertz CT molecular complexity index is 533. The number of hydrogen-bond donors (Lipinski definition) is 1. The van der Waals surface area contributed by atoms with Crippen LogP contribution in [0.4, 0.5) is 10.1 Å². The Morgan fingerprint density at radius 1 is 1.37 bits per heavy atom. The molecular weight excluding hydrogens is 245 g/mol. The van der Waals surface area contributed by atoms with Gasteiger partial charge >= 0.3 is 0 Å². The van der Waals surface area contributed by atoms with Gasteiger partial charge in [0.05, 0.1) is 17.7 Å². The van der Waals surface area contributed by atoms with Crippen molar-refractivity contribution < 1.29 is 13.9 Å². The molecule has 1 aromatic carbocycles. The first-order valence-corrected chi connectivity index (χ1v) is 6.80. The summed E-state index contributed by atoms with van der Waals surface area (Å²) < 4.78 is 19.4. The third-order valence-electron chi connectivity index (χ3n) is 4.37. The first-order valence-electron chi connectivity index (χ1n) is 6.80. The Hall–Kier alpha value is -1.58. The van der Waals surface area contributed by atoms with Crippen molar-refractivity contribution in [1.29, 1.82) is 0 Å². The number of ether oxygens (including phenoxy) is 1. The topological polar surface area (TPSA) is 52.3 Å². The molecule has 0 amide bonds. The molecular formula is C15H18FNO2. The second-order valence-corrected chi connectivity index (χ2v) is 5.94. The van der Waals surface area contributed by atoms with Gasteiger partial charge in [-0.15, -0.1) is 0 Å². The molecule has 1 aliphatic carbocycles. The third-order valence-corrected chi connectivity index (χ3v) is 4.37. The predicted octanol–water partition coefficient (Wildman–Crippen LogP) is 3.32. The van der Waals surface area contributed by atoms with Crippen LogP contribution in [0.1, 0.15) is 49.4 Å². The average Bonchev–Trinajstić information content (AvgIpc) is 2.35. The molecule has 1 aromatic rings. The zero-order valence-corrected chi connectivity index (χ0v) is 11.0. The van der Waals surface area contributed by atoms with E-state index >= 15 is 0 Å². The Labute approximate surface area is 111 Å². The van der Waals surface area contributed by atoms with Crippen LogP contribution in [0.15, 0.2) is 12.1 Å². The van der Waals surface area contributed by atoms with E-state index in [1.165, 1.54) is 12.1 Å². The summed E-state index contributed by atoms with van der Waals surface area (Å²) in [5.41, 5.74) is 5.91. The number of benzene rings is 1. The number of anilines is 1. The maximum absolute atomic E-state index is 13.3. The molecule has 1 aliphatic heterocycles. The van der Waals surface area contributed by atoms with E-state index in [0.29, 0.717) is 23.7 Å². The summed E-state index contributed by atoms with van der Waals surface area (Å²) >= 11 is 0. The minimum Gasteiger partial charge on any atom is -0.484 e. The molecule has 1 saturated carbocycles. The quantitative estimate of drug-likeness (QED) is 0.730. The zero-order valence-electron chi connectivity index (χ0n) is 11.0. The summed E-state index contributed by atoms with van der Waals surface area (Å²) in [6.07, 6.45) is 4.20. The molecule has 102 valence electrons. The van der Waals surface area contributed by atoms with Gasteiger partial charge in [-0.2, -0.15) is 0 Å². The number of rotatable bonds is 0. The SMILES string of the molecule is CC1CCC2(CC1)CC(=O)c1cc(F)cc(N)c1O2. The Morgan fingerprint density at radius 2 is 2.05 bits per heavy atom. The number of Topliss-reactive ketones (excluding diaryl/α,β-unsaturated/α-hetero) is 1. The molecule has 2 N–H and O–H groups in total. The number of fused-ring (bicyclic) bond motifs is 1. The molecule has 2 aliphatic rings. The lowest BCUT2D eigenvalue weighted by Crippen LogP contribution is -2.45. The molecule has 0 atom stereocenters. The molecule has 1 heterocycles. The highest BCUT2D eigenvalue weighted by atomic mass is 19.1. The monoisotopic (exact) mass is 263 g/mol. The van der Waals surface area contributed by atoms with Gasteiger partial charge in [-0.3, -0.25) is 4.79 Å².